The van der Waals surface area contributed by atoms with Crippen molar-refractivity contribution in [2.75, 3.05) is 19.7 Å². The SMILES string of the molecule is CCN(CCO)C(=O)c1ccc(CC(N)=S)cc1. The Kier molecular flexibility index (Phi) is 5.74. The van der Waals surface area contributed by atoms with Gasteiger partial charge in [-0.25, -0.2) is 0 Å². The molecule has 0 fully saturated rings. The molecule has 0 aliphatic rings. The Bertz CT molecular complexity index is 418. The van der Waals surface area contributed by atoms with Gasteiger partial charge in [0.15, 0.2) is 0 Å². The number of nitrogens with zero attached hydrogens (tertiary/aromatic N) is 1. The molecule has 0 heterocycles. The van der Waals surface area contributed by atoms with Crippen LogP contribution in [0.1, 0.15) is 22.8 Å². The first-order valence-corrected chi connectivity index (χ1v) is 6.26. The molecule has 0 radical (unpaired) electrons. The first kappa shape index (κ1) is 14.6. The average Bonchev–Trinajstić information content (AvgIpc) is 2.35. The highest BCUT2D eigenvalue weighted by Crippen LogP contribution is 2.08. The number of rotatable bonds is 6. The first-order valence-electron chi connectivity index (χ1n) is 5.85. The molecule has 0 saturated carbocycles. The minimum atomic E-state index is -0.0755. The monoisotopic (exact) mass is 266 g/mol. The van der Waals surface area contributed by atoms with E-state index in [9.17, 15) is 4.79 Å². The summed E-state index contributed by atoms with van der Waals surface area (Å²) in [5.41, 5.74) is 7.06. The molecular weight excluding hydrogens is 248 g/mol. The van der Waals surface area contributed by atoms with E-state index >= 15 is 0 Å². The summed E-state index contributed by atoms with van der Waals surface area (Å²) in [5, 5.41) is 8.88. The molecule has 0 aromatic heterocycles. The highest BCUT2D eigenvalue weighted by molar-refractivity contribution is 7.80. The van der Waals surface area contributed by atoms with Gasteiger partial charge in [0, 0.05) is 25.1 Å². The number of hydrogen-bond donors (Lipinski definition) is 2. The van der Waals surface area contributed by atoms with Crippen LogP contribution in [0.5, 0.6) is 0 Å². The molecule has 0 aliphatic carbocycles. The molecule has 98 valence electrons. The van der Waals surface area contributed by atoms with Gasteiger partial charge < -0.3 is 15.7 Å². The molecule has 1 rings (SSSR count). The van der Waals surface area contributed by atoms with Crippen LogP contribution in [0.15, 0.2) is 24.3 Å². The lowest BCUT2D eigenvalue weighted by molar-refractivity contribution is 0.0732. The highest BCUT2D eigenvalue weighted by Gasteiger charge is 2.13. The maximum atomic E-state index is 12.1. The number of aliphatic hydroxyl groups excluding tert-OH is 1. The van der Waals surface area contributed by atoms with E-state index in [0.29, 0.717) is 30.1 Å². The molecule has 0 saturated heterocycles. The van der Waals surface area contributed by atoms with E-state index in [-0.39, 0.29) is 12.5 Å². The van der Waals surface area contributed by atoms with E-state index in [0.717, 1.165) is 5.56 Å². The molecule has 1 aromatic carbocycles. The molecule has 0 unspecified atom stereocenters. The van der Waals surface area contributed by atoms with E-state index in [1.165, 1.54) is 0 Å². The van der Waals surface area contributed by atoms with Gasteiger partial charge in [-0.05, 0) is 24.6 Å². The zero-order valence-corrected chi connectivity index (χ0v) is 11.2. The Morgan fingerprint density at radius 2 is 2.00 bits per heavy atom. The summed E-state index contributed by atoms with van der Waals surface area (Å²) in [5.74, 6) is -0.0755. The Morgan fingerprint density at radius 3 is 2.44 bits per heavy atom. The van der Waals surface area contributed by atoms with Crippen LogP contribution in [-0.2, 0) is 6.42 Å². The molecule has 0 aliphatic heterocycles. The van der Waals surface area contributed by atoms with Gasteiger partial charge in [-0.2, -0.15) is 0 Å². The van der Waals surface area contributed by atoms with Crippen molar-refractivity contribution in [3.8, 4) is 0 Å². The minimum Gasteiger partial charge on any atom is -0.395 e. The second-order valence-corrected chi connectivity index (χ2v) is 4.47. The maximum absolute atomic E-state index is 12.1. The quantitative estimate of drug-likeness (QED) is 0.753. The van der Waals surface area contributed by atoms with Gasteiger partial charge in [-0.3, -0.25) is 4.79 Å². The van der Waals surface area contributed by atoms with E-state index in [4.69, 9.17) is 23.1 Å². The predicted molar refractivity (Wildman–Crippen MR) is 75.6 cm³/mol. The third-order valence-corrected chi connectivity index (χ3v) is 2.76. The van der Waals surface area contributed by atoms with Crippen LogP contribution in [0.25, 0.3) is 0 Å². The third kappa shape index (κ3) is 4.09. The summed E-state index contributed by atoms with van der Waals surface area (Å²) >= 11 is 4.83. The molecule has 5 heteroatoms. The normalized spacial score (nSPS) is 10.1. The smallest absolute Gasteiger partial charge is 0.253 e. The van der Waals surface area contributed by atoms with Crippen LogP contribution >= 0.6 is 12.2 Å². The number of thiocarbonyl (C=S) groups is 1. The maximum Gasteiger partial charge on any atom is 0.253 e. The third-order valence-electron chi connectivity index (χ3n) is 2.62. The zero-order chi connectivity index (χ0) is 13.5. The van der Waals surface area contributed by atoms with E-state index in [1.807, 2.05) is 19.1 Å². The van der Waals surface area contributed by atoms with Gasteiger partial charge in [0.05, 0.1) is 11.6 Å². The summed E-state index contributed by atoms with van der Waals surface area (Å²) in [6.45, 7) is 2.78. The standard InChI is InChI=1S/C13H18N2O2S/c1-2-15(7-8-16)13(17)11-5-3-10(4-6-11)9-12(14)18/h3-6,16H,2,7-9H2,1H3,(H2,14,18). The van der Waals surface area contributed by atoms with E-state index in [2.05, 4.69) is 0 Å². The summed E-state index contributed by atoms with van der Waals surface area (Å²) in [6.07, 6.45) is 0.540. The lowest BCUT2D eigenvalue weighted by Crippen LogP contribution is -2.33. The van der Waals surface area contributed by atoms with Gasteiger partial charge in [0.2, 0.25) is 0 Å². The van der Waals surface area contributed by atoms with Crippen LogP contribution in [0.4, 0.5) is 0 Å². The fraction of sp³-hybridized carbons (Fsp3) is 0.385. The molecule has 0 bridgehead atoms. The molecule has 1 aromatic rings. The van der Waals surface area contributed by atoms with E-state index in [1.54, 1.807) is 17.0 Å². The van der Waals surface area contributed by atoms with Crippen LogP contribution in [-0.4, -0.2) is 40.6 Å². The Labute approximate surface area is 112 Å². The lowest BCUT2D eigenvalue weighted by atomic mass is 10.1. The van der Waals surface area contributed by atoms with Crippen molar-refractivity contribution >= 4 is 23.1 Å². The van der Waals surface area contributed by atoms with Crippen LogP contribution in [0.3, 0.4) is 0 Å². The number of benzene rings is 1. The minimum absolute atomic E-state index is 0.0287. The molecule has 0 spiro atoms. The number of aliphatic hydroxyl groups is 1. The average molecular weight is 266 g/mol. The zero-order valence-electron chi connectivity index (χ0n) is 10.4. The summed E-state index contributed by atoms with van der Waals surface area (Å²) in [4.78, 5) is 14.1. The van der Waals surface area contributed by atoms with Crippen molar-refractivity contribution in [3.63, 3.8) is 0 Å². The molecular formula is C13H18N2O2S. The van der Waals surface area contributed by atoms with Crippen molar-refractivity contribution < 1.29 is 9.90 Å². The van der Waals surface area contributed by atoms with Crippen molar-refractivity contribution in [1.29, 1.82) is 0 Å². The number of carbonyl (C=O) groups excluding carboxylic acids is 1. The number of carbonyl (C=O) groups is 1. The molecule has 1 amide bonds. The van der Waals surface area contributed by atoms with Crippen molar-refractivity contribution in [1.82, 2.24) is 4.90 Å². The van der Waals surface area contributed by atoms with Gasteiger partial charge in [0.1, 0.15) is 0 Å². The topological polar surface area (TPSA) is 66.6 Å². The fourth-order valence-corrected chi connectivity index (χ4v) is 1.84. The number of hydrogen-bond acceptors (Lipinski definition) is 3. The number of nitrogens with two attached hydrogens (primary N) is 1. The van der Waals surface area contributed by atoms with Gasteiger partial charge >= 0.3 is 0 Å². The Morgan fingerprint density at radius 1 is 1.39 bits per heavy atom. The van der Waals surface area contributed by atoms with E-state index < -0.39 is 0 Å². The Balaban J connectivity index is 2.77. The van der Waals surface area contributed by atoms with Crippen molar-refractivity contribution in [3.05, 3.63) is 35.4 Å². The number of amides is 1. The first-order chi connectivity index (χ1) is 8.58. The van der Waals surface area contributed by atoms with Gasteiger partial charge in [0.25, 0.3) is 5.91 Å². The van der Waals surface area contributed by atoms with Crippen molar-refractivity contribution in [2.24, 2.45) is 5.73 Å². The summed E-state index contributed by atoms with van der Waals surface area (Å²) in [7, 11) is 0. The fourth-order valence-electron chi connectivity index (χ4n) is 1.67. The highest BCUT2D eigenvalue weighted by atomic mass is 32.1. The van der Waals surface area contributed by atoms with Gasteiger partial charge in [-0.1, -0.05) is 24.4 Å². The molecule has 18 heavy (non-hydrogen) atoms. The van der Waals surface area contributed by atoms with Gasteiger partial charge in [-0.15, -0.1) is 0 Å². The Hall–Kier alpha value is -1.46. The molecule has 3 N–H and O–H groups in total. The second kappa shape index (κ2) is 7.08. The largest absolute Gasteiger partial charge is 0.395 e. The van der Waals surface area contributed by atoms with Crippen molar-refractivity contribution in [2.45, 2.75) is 13.3 Å². The van der Waals surface area contributed by atoms with Crippen LogP contribution in [0.2, 0.25) is 0 Å². The van der Waals surface area contributed by atoms with Crippen LogP contribution in [0, 0.1) is 0 Å². The lowest BCUT2D eigenvalue weighted by Gasteiger charge is -2.19. The summed E-state index contributed by atoms with van der Waals surface area (Å²) in [6, 6.07) is 7.21. The molecule has 0 atom stereocenters. The number of likely N-dealkylation sites (N-methyl/N-ethyl adjacent to an activating group) is 1. The summed E-state index contributed by atoms with van der Waals surface area (Å²) < 4.78 is 0. The van der Waals surface area contributed by atoms with Crippen LogP contribution < -0.4 is 5.73 Å². The predicted octanol–water partition coefficient (Wildman–Crippen LogP) is 0.970. The second-order valence-electron chi connectivity index (χ2n) is 3.95. The molecule has 4 nitrogen and oxygen atoms in total.